The number of anilines is 1. The minimum atomic E-state index is 0.863. The summed E-state index contributed by atoms with van der Waals surface area (Å²) in [5.41, 5.74) is 2.41. The Labute approximate surface area is 118 Å². The van der Waals surface area contributed by atoms with Crippen LogP contribution in [0.1, 0.15) is 5.56 Å². The Kier molecular flexibility index (Phi) is 4.18. The van der Waals surface area contributed by atoms with Gasteiger partial charge in [0.05, 0.1) is 10.2 Å². The van der Waals surface area contributed by atoms with Gasteiger partial charge in [-0.05, 0) is 39.7 Å². The van der Waals surface area contributed by atoms with Crippen LogP contribution in [-0.2, 0) is 6.54 Å². The van der Waals surface area contributed by atoms with Gasteiger partial charge < -0.3 is 4.90 Å². The second kappa shape index (κ2) is 5.65. The van der Waals surface area contributed by atoms with Crippen molar-refractivity contribution >= 4 is 37.5 Å². The van der Waals surface area contributed by atoms with E-state index in [4.69, 9.17) is 0 Å². The van der Waals surface area contributed by atoms with Crippen molar-refractivity contribution in [2.24, 2.45) is 0 Å². The molecule has 0 saturated heterocycles. The summed E-state index contributed by atoms with van der Waals surface area (Å²) in [6.07, 6.45) is 3.62. The number of hydrogen-bond acceptors (Lipinski definition) is 2. The van der Waals surface area contributed by atoms with Crippen molar-refractivity contribution in [3.63, 3.8) is 0 Å². The van der Waals surface area contributed by atoms with Gasteiger partial charge >= 0.3 is 0 Å². The van der Waals surface area contributed by atoms with Gasteiger partial charge in [0, 0.05) is 30.5 Å². The monoisotopic (exact) mass is 354 g/mol. The number of pyridine rings is 1. The fourth-order valence-corrected chi connectivity index (χ4v) is 2.67. The van der Waals surface area contributed by atoms with Crippen LogP contribution in [0.15, 0.2) is 51.7 Å². The highest BCUT2D eigenvalue weighted by atomic mass is 79.9. The number of rotatable bonds is 3. The molecule has 2 aromatic rings. The van der Waals surface area contributed by atoms with Crippen LogP contribution >= 0.6 is 31.9 Å². The van der Waals surface area contributed by atoms with Crippen LogP contribution in [0.2, 0.25) is 0 Å². The van der Waals surface area contributed by atoms with E-state index in [1.54, 1.807) is 6.20 Å². The summed E-state index contributed by atoms with van der Waals surface area (Å²) in [7, 11) is 2.07. The summed E-state index contributed by atoms with van der Waals surface area (Å²) < 4.78 is 2.12. The average Bonchev–Trinajstić information content (AvgIpc) is 2.29. The van der Waals surface area contributed by atoms with Gasteiger partial charge in [-0.25, -0.2) is 0 Å². The van der Waals surface area contributed by atoms with Crippen molar-refractivity contribution in [3.8, 4) is 0 Å². The Bertz CT molecular complexity index is 514. The molecular formula is C13H12Br2N2. The summed E-state index contributed by atoms with van der Waals surface area (Å²) in [5, 5.41) is 0. The second-order valence-electron chi connectivity index (χ2n) is 3.81. The van der Waals surface area contributed by atoms with Crippen LogP contribution in [0.3, 0.4) is 0 Å². The predicted molar refractivity (Wildman–Crippen MR) is 78.2 cm³/mol. The predicted octanol–water partition coefficient (Wildman–Crippen LogP) is 4.24. The molecule has 0 spiro atoms. The van der Waals surface area contributed by atoms with Crippen molar-refractivity contribution in [1.29, 1.82) is 0 Å². The van der Waals surface area contributed by atoms with E-state index in [0.29, 0.717) is 0 Å². The Balaban J connectivity index is 2.17. The van der Waals surface area contributed by atoms with Crippen molar-refractivity contribution < 1.29 is 0 Å². The Hall–Kier alpha value is -0.870. The standard InChI is InChI=1S/C13H12Br2N2/c1-17(13-5-6-16-8-12(13)15)9-10-3-2-4-11(14)7-10/h2-8H,9H2,1H3. The first-order valence-corrected chi connectivity index (χ1v) is 6.80. The average molecular weight is 356 g/mol. The van der Waals surface area contributed by atoms with Gasteiger partial charge in [-0.3, -0.25) is 4.98 Å². The maximum Gasteiger partial charge on any atom is 0.0592 e. The molecule has 0 unspecified atom stereocenters. The van der Waals surface area contributed by atoms with Crippen molar-refractivity contribution in [2.45, 2.75) is 6.54 Å². The van der Waals surface area contributed by atoms with Crippen LogP contribution in [0.4, 0.5) is 5.69 Å². The van der Waals surface area contributed by atoms with Crippen LogP contribution in [0.5, 0.6) is 0 Å². The molecule has 0 aliphatic heterocycles. The van der Waals surface area contributed by atoms with Gasteiger partial charge in [0.1, 0.15) is 0 Å². The highest BCUT2D eigenvalue weighted by Gasteiger charge is 2.06. The fourth-order valence-electron chi connectivity index (χ4n) is 1.67. The zero-order chi connectivity index (χ0) is 12.3. The van der Waals surface area contributed by atoms with E-state index in [-0.39, 0.29) is 0 Å². The van der Waals surface area contributed by atoms with Crippen molar-refractivity contribution in [2.75, 3.05) is 11.9 Å². The van der Waals surface area contributed by atoms with E-state index in [9.17, 15) is 0 Å². The van der Waals surface area contributed by atoms with Crippen LogP contribution in [-0.4, -0.2) is 12.0 Å². The molecule has 2 rings (SSSR count). The van der Waals surface area contributed by atoms with Crippen molar-refractivity contribution in [3.05, 3.63) is 57.2 Å². The first kappa shape index (κ1) is 12.6. The van der Waals surface area contributed by atoms with E-state index in [1.807, 2.05) is 18.3 Å². The van der Waals surface area contributed by atoms with Gasteiger partial charge in [-0.2, -0.15) is 0 Å². The summed E-state index contributed by atoms with van der Waals surface area (Å²) in [6, 6.07) is 10.3. The maximum absolute atomic E-state index is 4.07. The maximum atomic E-state index is 4.07. The molecule has 1 aromatic heterocycles. The lowest BCUT2D eigenvalue weighted by Crippen LogP contribution is -2.16. The van der Waals surface area contributed by atoms with Gasteiger partial charge in [-0.1, -0.05) is 28.1 Å². The molecule has 0 fully saturated rings. The number of halogens is 2. The van der Waals surface area contributed by atoms with E-state index >= 15 is 0 Å². The Morgan fingerprint density at radius 3 is 2.76 bits per heavy atom. The lowest BCUT2D eigenvalue weighted by Gasteiger charge is -2.20. The van der Waals surface area contributed by atoms with Crippen LogP contribution in [0.25, 0.3) is 0 Å². The summed E-state index contributed by atoms with van der Waals surface area (Å²) in [6.45, 7) is 0.863. The lowest BCUT2D eigenvalue weighted by atomic mass is 10.2. The van der Waals surface area contributed by atoms with Gasteiger partial charge in [-0.15, -0.1) is 0 Å². The first-order valence-electron chi connectivity index (χ1n) is 5.22. The highest BCUT2D eigenvalue weighted by molar-refractivity contribution is 9.10. The first-order chi connectivity index (χ1) is 8.16. The van der Waals surface area contributed by atoms with E-state index in [1.165, 1.54) is 5.56 Å². The molecule has 0 radical (unpaired) electrons. The molecule has 0 amide bonds. The van der Waals surface area contributed by atoms with Gasteiger partial charge in [0.25, 0.3) is 0 Å². The summed E-state index contributed by atoms with van der Waals surface area (Å²) >= 11 is 7.00. The topological polar surface area (TPSA) is 16.1 Å². The normalized spacial score (nSPS) is 10.3. The SMILES string of the molecule is CN(Cc1cccc(Br)c1)c1ccncc1Br. The molecule has 0 saturated carbocycles. The fraction of sp³-hybridized carbons (Fsp3) is 0.154. The molecule has 17 heavy (non-hydrogen) atoms. The zero-order valence-corrected chi connectivity index (χ0v) is 12.6. The molecule has 1 aromatic carbocycles. The van der Waals surface area contributed by atoms with E-state index in [2.05, 4.69) is 67.0 Å². The third kappa shape index (κ3) is 3.30. The summed E-state index contributed by atoms with van der Waals surface area (Å²) in [4.78, 5) is 6.26. The molecule has 2 nitrogen and oxygen atoms in total. The van der Waals surface area contributed by atoms with Crippen LogP contribution in [0, 0.1) is 0 Å². The molecule has 4 heteroatoms. The quantitative estimate of drug-likeness (QED) is 0.818. The van der Waals surface area contributed by atoms with Crippen molar-refractivity contribution in [1.82, 2.24) is 4.98 Å². The third-order valence-electron chi connectivity index (χ3n) is 2.47. The van der Waals surface area contributed by atoms with Gasteiger partial charge in [0.15, 0.2) is 0 Å². The molecule has 0 bridgehead atoms. The zero-order valence-electron chi connectivity index (χ0n) is 9.40. The molecule has 0 N–H and O–H groups in total. The Morgan fingerprint density at radius 1 is 1.24 bits per heavy atom. The second-order valence-corrected chi connectivity index (χ2v) is 5.58. The Morgan fingerprint density at radius 2 is 2.06 bits per heavy atom. The minimum Gasteiger partial charge on any atom is -0.369 e. The number of aromatic nitrogens is 1. The molecule has 0 aliphatic rings. The van der Waals surface area contributed by atoms with Gasteiger partial charge in [0.2, 0.25) is 0 Å². The molecule has 88 valence electrons. The number of nitrogens with zero attached hydrogens (tertiary/aromatic N) is 2. The molecule has 1 heterocycles. The van der Waals surface area contributed by atoms with E-state index in [0.717, 1.165) is 21.2 Å². The van der Waals surface area contributed by atoms with E-state index < -0.39 is 0 Å². The minimum absolute atomic E-state index is 0.863. The third-order valence-corrected chi connectivity index (χ3v) is 3.58. The largest absolute Gasteiger partial charge is 0.369 e. The molecule has 0 aliphatic carbocycles. The summed E-state index contributed by atoms with van der Waals surface area (Å²) in [5.74, 6) is 0. The lowest BCUT2D eigenvalue weighted by molar-refractivity contribution is 0.916. The smallest absolute Gasteiger partial charge is 0.0592 e. The molecule has 0 atom stereocenters. The molecular weight excluding hydrogens is 344 g/mol. The number of benzene rings is 1. The van der Waals surface area contributed by atoms with Crippen LogP contribution < -0.4 is 4.90 Å². The number of hydrogen-bond donors (Lipinski definition) is 0. The highest BCUT2D eigenvalue weighted by Crippen LogP contribution is 2.25.